The summed E-state index contributed by atoms with van der Waals surface area (Å²) in [6.07, 6.45) is 0.566. The third kappa shape index (κ3) is 3.74. The summed E-state index contributed by atoms with van der Waals surface area (Å²) >= 11 is 1.34. The smallest absolute Gasteiger partial charge is 0.328 e. The molecule has 3 N–H and O–H groups in total. The van der Waals surface area contributed by atoms with Gasteiger partial charge in [-0.2, -0.15) is 0 Å². The zero-order valence-electron chi connectivity index (χ0n) is 12.3. The predicted molar refractivity (Wildman–Crippen MR) is 81.1 cm³/mol. The molecule has 2 aromatic rings. The van der Waals surface area contributed by atoms with Crippen LogP contribution in [0.2, 0.25) is 0 Å². The lowest BCUT2D eigenvalue weighted by Gasteiger charge is -2.13. The van der Waals surface area contributed by atoms with Crippen molar-refractivity contribution in [3.8, 4) is 0 Å². The fourth-order valence-electron chi connectivity index (χ4n) is 2.07. The van der Waals surface area contributed by atoms with Gasteiger partial charge >= 0.3 is 5.69 Å². The number of benzene rings is 1. The molecule has 0 amide bonds. The van der Waals surface area contributed by atoms with E-state index in [4.69, 9.17) is 5.73 Å². The molecule has 0 saturated carbocycles. The van der Waals surface area contributed by atoms with E-state index in [1.807, 2.05) is 20.8 Å². The summed E-state index contributed by atoms with van der Waals surface area (Å²) in [6, 6.07) is 4.50. The van der Waals surface area contributed by atoms with Gasteiger partial charge < -0.3 is 5.73 Å². The molecule has 1 aromatic carbocycles. The van der Waals surface area contributed by atoms with Crippen LogP contribution < -0.4 is 11.4 Å². The van der Waals surface area contributed by atoms with Gasteiger partial charge in [-0.3, -0.25) is 4.57 Å². The third-order valence-corrected chi connectivity index (χ3v) is 4.04. The first-order valence-corrected chi connectivity index (χ1v) is 7.59. The average molecular weight is 310 g/mol. The molecule has 0 aliphatic rings. The maximum absolute atomic E-state index is 13.4. The third-order valence-electron chi connectivity index (χ3n) is 2.95. The van der Waals surface area contributed by atoms with E-state index in [0.717, 1.165) is 10.5 Å². The molecule has 1 aromatic heterocycles. The molecule has 21 heavy (non-hydrogen) atoms. The van der Waals surface area contributed by atoms with Gasteiger partial charge in [-0.05, 0) is 62.7 Å². The number of nitrogens with zero attached hydrogens (tertiary/aromatic N) is 2. The fourth-order valence-corrected chi connectivity index (χ4v) is 3.16. The van der Waals surface area contributed by atoms with Crippen LogP contribution in [0.5, 0.6) is 0 Å². The second-order valence-corrected chi connectivity index (χ2v) is 6.32. The Morgan fingerprint density at radius 2 is 2.14 bits per heavy atom. The molecule has 114 valence electrons. The number of aromatic nitrogens is 3. The highest BCUT2D eigenvalue weighted by Gasteiger charge is 2.15. The molecule has 2 rings (SSSR count). The van der Waals surface area contributed by atoms with Crippen LogP contribution in [0.15, 0.2) is 33.0 Å². The molecule has 0 aliphatic carbocycles. The van der Waals surface area contributed by atoms with Gasteiger partial charge in [-0.15, -0.1) is 5.10 Å². The minimum absolute atomic E-state index is 0.00363. The van der Waals surface area contributed by atoms with Crippen molar-refractivity contribution in [2.24, 2.45) is 5.73 Å². The molecule has 1 unspecified atom stereocenters. The van der Waals surface area contributed by atoms with E-state index in [1.165, 1.54) is 23.9 Å². The molecule has 0 saturated heterocycles. The Balaban J connectivity index is 2.38. The molecular formula is C14H19FN4OS. The summed E-state index contributed by atoms with van der Waals surface area (Å²) in [5, 5.41) is 7.05. The number of nitrogens with two attached hydrogens (primary N) is 1. The molecule has 0 spiro atoms. The van der Waals surface area contributed by atoms with Gasteiger partial charge in [-0.1, -0.05) is 0 Å². The lowest BCUT2D eigenvalue weighted by molar-refractivity contribution is 0.534. The Morgan fingerprint density at radius 3 is 2.76 bits per heavy atom. The highest BCUT2D eigenvalue weighted by atomic mass is 32.2. The van der Waals surface area contributed by atoms with E-state index in [1.54, 1.807) is 10.6 Å². The molecule has 0 fully saturated rings. The molecule has 0 aliphatic heterocycles. The van der Waals surface area contributed by atoms with Crippen LogP contribution in [0.1, 0.15) is 32.4 Å². The predicted octanol–water partition coefficient (Wildman–Crippen LogP) is 2.33. The summed E-state index contributed by atoms with van der Waals surface area (Å²) in [5.41, 5.74) is 6.38. The van der Waals surface area contributed by atoms with Crippen molar-refractivity contribution in [1.29, 1.82) is 0 Å². The van der Waals surface area contributed by atoms with Crippen LogP contribution >= 0.6 is 11.8 Å². The quantitative estimate of drug-likeness (QED) is 0.888. The number of nitrogens with one attached hydrogen (secondary N) is 1. The van der Waals surface area contributed by atoms with Crippen molar-refractivity contribution >= 4 is 11.8 Å². The minimum Gasteiger partial charge on any atom is -0.328 e. The number of H-pyrrole nitrogens is 1. The van der Waals surface area contributed by atoms with Crippen LogP contribution in [-0.2, 0) is 6.42 Å². The molecule has 0 radical (unpaired) electrons. The number of hydrogen-bond donors (Lipinski definition) is 2. The maximum Gasteiger partial charge on any atom is 0.344 e. The molecule has 5 nitrogen and oxygen atoms in total. The first-order chi connectivity index (χ1) is 9.88. The van der Waals surface area contributed by atoms with E-state index in [2.05, 4.69) is 10.2 Å². The van der Waals surface area contributed by atoms with Gasteiger partial charge in [0.2, 0.25) is 0 Å². The molecule has 1 heterocycles. The van der Waals surface area contributed by atoms with E-state index in [9.17, 15) is 9.18 Å². The van der Waals surface area contributed by atoms with Crippen molar-refractivity contribution < 1.29 is 4.39 Å². The van der Waals surface area contributed by atoms with Gasteiger partial charge in [0.25, 0.3) is 0 Å². The van der Waals surface area contributed by atoms with Gasteiger partial charge in [0.15, 0.2) is 5.16 Å². The Morgan fingerprint density at radius 1 is 1.43 bits per heavy atom. The molecule has 0 bridgehead atoms. The second-order valence-electron chi connectivity index (χ2n) is 5.31. The van der Waals surface area contributed by atoms with Gasteiger partial charge in [0.05, 0.1) is 0 Å². The number of aromatic amines is 1. The van der Waals surface area contributed by atoms with Crippen molar-refractivity contribution in [2.75, 3.05) is 0 Å². The van der Waals surface area contributed by atoms with E-state index in [0.29, 0.717) is 11.6 Å². The van der Waals surface area contributed by atoms with Gasteiger partial charge in [0, 0.05) is 17.0 Å². The van der Waals surface area contributed by atoms with Crippen LogP contribution in [-0.4, -0.2) is 20.8 Å². The SMILES string of the molecule is CC(N)Cc1cc(F)ccc1Sc1n[nH]c(=O)n1C(C)C. The minimum atomic E-state index is -0.293. The lowest BCUT2D eigenvalue weighted by Crippen LogP contribution is -2.19. The highest BCUT2D eigenvalue weighted by Crippen LogP contribution is 2.30. The van der Waals surface area contributed by atoms with E-state index < -0.39 is 0 Å². The Hall–Kier alpha value is -1.60. The van der Waals surface area contributed by atoms with E-state index in [-0.39, 0.29) is 23.6 Å². The fraction of sp³-hybridized carbons (Fsp3) is 0.429. The van der Waals surface area contributed by atoms with Crippen LogP contribution in [0.25, 0.3) is 0 Å². The zero-order valence-corrected chi connectivity index (χ0v) is 13.1. The maximum atomic E-state index is 13.4. The first-order valence-electron chi connectivity index (χ1n) is 6.77. The highest BCUT2D eigenvalue weighted by molar-refractivity contribution is 7.99. The Labute approximate surface area is 126 Å². The van der Waals surface area contributed by atoms with Crippen LogP contribution in [0, 0.1) is 5.82 Å². The summed E-state index contributed by atoms with van der Waals surface area (Å²) in [4.78, 5) is 12.6. The van der Waals surface area contributed by atoms with Crippen molar-refractivity contribution in [2.45, 2.75) is 49.3 Å². The summed E-state index contributed by atoms with van der Waals surface area (Å²) in [6.45, 7) is 5.70. The largest absolute Gasteiger partial charge is 0.344 e. The van der Waals surface area contributed by atoms with Gasteiger partial charge in [0.1, 0.15) is 5.82 Å². The zero-order chi connectivity index (χ0) is 15.6. The normalized spacial score (nSPS) is 12.9. The standard InChI is InChI=1S/C14H19FN4OS/c1-8(2)19-13(20)17-18-14(19)21-12-5-4-11(15)7-10(12)6-9(3)16/h4-5,7-9H,6,16H2,1-3H3,(H,17,20). The van der Waals surface area contributed by atoms with Crippen molar-refractivity contribution in [3.63, 3.8) is 0 Å². The summed E-state index contributed by atoms with van der Waals surface area (Å²) < 4.78 is 15.0. The average Bonchev–Trinajstić information content (AvgIpc) is 2.73. The Kier molecular flexibility index (Phi) is 4.84. The van der Waals surface area contributed by atoms with Crippen molar-refractivity contribution in [1.82, 2.24) is 14.8 Å². The topological polar surface area (TPSA) is 76.7 Å². The number of hydrogen-bond acceptors (Lipinski definition) is 4. The monoisotopic (exact) mass is 310 g/mol. The Bertz CT molecular complexity index is 678. The van der Waals surface area contributed by atoms with Crippen molar-refractivity contribution in [3.05, 3.63) is 40.1 Å². The molecule has 7 heteroatoms. The molecular weight excluding hydrogens is 291 g/mol. The summed E-state index contributed by atoms with van der Waals surface area (Å²) in [7, 11) is 0. The van der Waals surface area contributed by atoms with Gasteiger partial charge in [-0.25, -0.2) is 14.3 Å². The van der Waals surface area contributed by atoms with Crippen LogP contribution in [0.3, 0.4) is 0 Å². The first kappa shape index (κ1) is 15.8. The summed E-state index contributed by atoms with van der Waals surface area (Å²) in [5.74, 6) is -0.293. The lowest BCUT2D eigenvalue weighted by atomic mass is 10.1. The number of halogens is 1. The second kappa shape index (κ2) is 6.44. The number of rotatable bonds is 5. The van der Waals surface area contributed by atoms with Crippen LogP contribution in [0.4, 0.5) is 4.39 Å². The van der Waals surface area contributed by atoms with E-state index >= 15 is 0 Å². The molecule has 1 atom stereocenters.